The van der Waals surface area contributed by atoms with Gasteiger partial charge in [-0.25, -0.2) is 4.79 Å². The number of β-lactam (4-membered cyclic amide) rings is 1. The van der Waals surface area contributed by atoms with Gasteiger partial charge in [-0.05, 0) is 13.0 Å². The largest absolute Gasteiger partial charge is 0.461 e. The summed E-state index contributed by atoms with van der Waals surface area (Å²) in [6.45, 7) is 2.10. The monoisotopic (exact) mass is 213 g/mol. The second kappa shape index (κ2) is 3.65. The van der Waals surface area contributed by atoms with E-state index in [1.54, 1.807) is 24.8 Å². The molecule has 0 aliphatic carbocycles. The van der Waals surface area contributed by atoms with Crippen LogP contribution in [0.25, 0.3) is 0 Å². The summed E-state index contributed by atoms with van der Waals surface area (Å²) in [6, 6.07) is 0. The van der Waals surface area contributed by atoms with E-state index >= 15 is 0 Å². The summed E-state index contributed by atoms with van der Waals surface area (Å²) in [7, 11) is 0. The van der Waals surface area contributed by atoms with Crippen LogP contribution >= 0.6 is 11.8 Å². The van der Waals surface area contributed by atoms with Gasteiger partial charge in [0.1, 0.15) is 5.70 Å². The number of amides is 1. The maximum Gasteiger partial charge on any atom is 0.354 e. The lowest BCUT2D eigenvalue weighted by Gasteiger charge is -2.42. The smallest absolute Gasteiger partial charge is 0.354 e. The lowest BCUT2D eigenvalue weighted by atomic mass is 10.1. The van der Waals surface area contributed by atoms with Crippen molar-refractivity contribution >= 4 is 23.6 Å². The third-order valence-corrected chi connectivity index (χ3v) is 3.34. The Balaban J connectivity index is 2.13. The molecule has 0 aromatic rings. The third-order valence-electron chi connectivity index (χ3n) is 2.22. The maximum absolute atomic E-state index is 11.4. The fraction of sp³-hybridized carbons (Fsp3) is 0.556. The van der Waals surface area contributed by atoms with E-state index in [2.05, 4.69) is 0 Å². The molecular formula is C9H11NO3S. The van der Waals surface area contributed by atoms with Gasteiger partial charge in [0.25, 0.3) is 0 Å². The van der Waals surface area contributed by atoms with Crippen LogP contribution in [0.5, 0.6) is 0 Å². The van der Waals surface area contributed by atoms with Gasteiger partial charge in [-0.3, -0.25) is 9.69 Å². The molecule has 1 unspecified atom stereocenters. The van der Waals surface area contributed by atoms with E-state index in [1.165, 1.54) is 4.90 Å². The highest BCUT2D eigenvalue weighted by atomic mass is 32.2. The van der Waals surface area contributed by atoms with Crippen LogP contribution in [0, 0.1) is 0 Å². The van der Waals surface area contributed by atoms with Crippen LogP contribution in [0.15, 0.2) is 11.8 Å². The van der Waals surface area contributed by atoms with Crippen LogP contribution in [0.1, 0.15) is 13.3 Å². The molecule has 0 bridgehead atoms. The summed E-state index contributed by atoms with van der Waals surface area (Å²) in [5.74, 6) is 0.412. The second-order valence-corrected chi connectivity index (χ2v) is 4.28. The molecule has 1 atom stereocenters. The molecule has 76 valence electrons. The van der Waals surface area contributed by atoms with Crippen LogP contribution in [0.2, 0.25) is 0 Å². The van der Waals surface area contributed by atoms with Gasteiger partial charge >= 0.3 is 5.97 Å². The predicted octanol–water partition coefficient (Wildman–Crippen LogP) is 0.739. The standard InChI is InChI=1S/C9H11NO3S/c1-2-13-9(12)6-3-4-14-8-5-7(11)10(6)8/h3,8H,2,4-5H2,1H3. The average Bonchev–Trinajstić information content (AvgIpc) is 2.16. The number of nitrogens with zero attached hydrogens (tertiary/aromatic N) is 1. The number of ether oxygens (including phenoxy) is 1. The Labute approximate surface area is 86.3 Å². The van der Waals surface area contributed by atoms with Crippen molar-refractivity contribution in [2.75, 3.05) is 12.4 Å². The van der Waals surface area contributed by atoms with E-state index < -0.39 is 0 Å². The zero-order valence-electron chi connectivity index (χ0n) is 7.86. The molecule has 2 heterocycles. The Bertz CT molecular complexity index is 313. The fourth-order valence-electron chi connectivity index (χ4n) is 1.53. The van der Waals surface area contributed by atoms with Crippen molar-refractivity contribution in [3.63, 3.8) is 0 Å². The summed E-state index contributed by atoms with van der Waals surface area (Å²) >= 11 is 1.68. The van der Waals surface area contributed by atoms with Crippen molar-refractivity contribution in [3.05, 3.63) is 11.8 Å². The summed E-state index contributed by atoms with van der Waals surface area (Å²) in [4.78, 5) is 24.2. The van der Waals surface area contributed by atoms with E-state index in [1.807, 2.05) is 0 Å². The number of carbonyl (C=O) groups is 2. The van der Waals surface area contributed by atoms with E-state index in [0.717, 1.165) is 5.75 Å². The molecule has 0 radical (unpaired) electrons. The number of thioether (sulfide) groups is 1. The van der Waals surface area contributed by atoms with Gasteiger partial charge in [0.05, 0.1) is 18.4 Å². The molecule has 1 amide bonds. The first-order valence-corrected chi connectivity index (χ1v) is 5.60. The van der Waals surface area contributed by atoms with Gasteiger partial charge in [0, 0.05) is 5.75 Å². The summed E-state index contributed by atoms with van der Waals surface area (Å²) in [6.07, 6.45) is 2.30. The molecule has 0 aromatic heterocycles. The van der Waals surface area contributed by atoms with E-state index in [9.17, 15) is 9.59 Å². The molecule has 1 saturated heterocycles. The van der Waals surface area contributed by atoms with E-state index in [4.69, 9.17) is 4.74 Å². The molecule has 0 aromatic carbocycles. The Kier molecular flexibility index (Phi) is 2.50. The SMILES string of the molecule is CCOC(=O)C1=CCSC2CC(=O)N12. The summed E-state index contributed by atoms with van der Waals surface area (Å²) in [5, 5.41) is 0.159. The minimum absolute atomic E-state index is 0.0153. The maximum atomic E-state index is 11.4. The van der Waals surface area contributed by atoms with Crippen molar-refractivity contribution in [1.29, 1.82) is 0 Å². The van der Waals surface area contributed by atoms with Crippen molar-refractivity contribution in [2.45, 2.75) is 18.7 Å². The number of hydrogen-bond donors (Lipinski definition) is 0. The summed E-state index contributed by atoms with van der Waals surface area (Å²) < 4.78 is 4.87. The Morgan fingerprint density at radius 3 is 3.21 bits per heavy atom. The molecule has 0 N–H and O–H groups in total. The van der Waals surface area contributed by atoms with Gasteiger partial charge in [-0.15, -0.1) is 11.8 Å². The van der Waals surface area contributed by atoms with Crippen LogP contribution in [-0.2, 0) is 14.3 Å². The lowest BCUT2D eigenvalue weighted by molar-refractivity contribution is -0.148. The van der Waals surface area contributed by atoms with Crippen LogP contribution < -0.4 is 0 Å². The molecule has 2 rings (SSSR count). The average molecular weight is 213 g/mol. The lowest BCUT2D eigenvalue weighted by Crippen LogP contribution is -2.53. The number of carbonyl (C=O) groups excluding carboxylic acids is 2. The zero-order valence-corrected chi connectivity index (χ0v) is 8.67. The van der Waals surface area contributed by atoms with E-state index in [-0.39, 0.29) is 17.3 Å². The summed E-state index contributed by atoms with van der Waals surface area (Å²) in [5.41, 5.74) is 0.423. The van der Waals surface area contributed by atoms with Gasteiger partial charge in [0.15, 0.2) is 0 Å². The quantitative estimate of drug-likeness (QED) is 0.501. The molecule has 5 heteroatoms. The Morgan fingerprint density at radius 2 is 2.57 bits per heavy atom. The van der Waals surface area contributed by atoms with Crippen molar-refractivity contribution in [3.8, 4) is 0 Å². The highest BCUT2D eigenvalue weighted by Gasteiger charge is 2.43. The zero-order chi connectivity index (χ0) is 10.1. The highest BCUT2D eigenvalue weighted by Crippen LogP contribution is 2.37. The molecule has 14 heavy (non-hydrogen) atoms. The van der Waals surface area contributed by atoms with Crippen molar-refractivity contribution in [1.82, 2.24) is 4.90 Å². The van der Waals surface area contributed by atoms with Crippen LogP contribution in [0.4, 0.5) is 0 Å². The topological polar surface area (TPSA) is 46.6 Å². The predicted molar refractivity (Wildman–Crippen MR) is 52.4 cm³/mol. The molecule has 2 aliphatic heterocycles. The first kappa shape index (κ1) is 9.58. The molecule has 2 aliphatic rings. The highest BCUT2D eigenvalue weighted by molar-refractivity contribution is 8.00. The molecular weight excluding hydrogens is 202 g/mol. The number of fused-ring (bicyclic) bond motifs is 1. The van der Waals surface area contributed by atoms with Gasteiger partial charge < -0.3 is 4.74 Å². The molecule has 0 spiro atoms. The molecule has 0 saturated carbocycles. The third kappa shape index (κ3) is 1.41. The Hall–Kier alpha value is -0.970. The van der Waals surface area contributed by atoms with Gasteiger partial charge in [-0.2, -0.15) is 0 Å². The number of rotatable bonds is 2. The van der Waals surface area contributed by atoms with Gasteiger partial charge in [-0.1, -0.05) is 0 Å². The van der Waals surface area contributed by atoms with Crippen LogP contribution in [-0.4, -0.2) is 34.5 Å². The first-order chi connectivity index (χ1) is 6.74. The minimum atomic E-state index is -0.383. The minimum Gasteiger partial charge on any atom is -0.461 e. The normalized spacial score (nSPS) is 24.9. The Morgan fingerprint density at radius 1 is 1.79 bits per heavy atom. The first-order valence-electron chi connectivity index (χ1n) is 4.55. The fourth-order valence-corrected chi connectivity index (χ4v) is 2.65. The van der Waals surface area contributed by atoms with Crippen LogP contribution in [0.3, 0.4) is 0 Å². The number of esters is 1. The van der Waals surface area contributed by atoms with Crippen molar-refractivity contribution < 1.29 is 14.3 Å². The van der Waals surface area contributed by atoms with Crippen molar-refractivity contribution in [2.24, 2.45) is 0 Å². The van der Waals surface area contributed by atoms with E-state index in [0.29, 0.717) is 18.7 Å². The number of hydrogen-bond acceptors (Lipinski definition) is 4. The second-order valence-electron chi connectivity index (χ2n) is 3.07. The molecule has 1 fully saturated rings. The molecule has 4 nitrogen and oxygen atoms in total. The van der Waals surface area contributed by atoms with Gasteiger partial charge in [0.2, 0.25) is 5.91 Å².